The van der Waals surface area contributed by atoms with Gasteiger partial charge >= 0.3 is 5.97 Å². The predicted octanol–water partition coefficient (Wildman–Crippen LogP) is 4.85. The summed E-state index contributed by atoms with van der Waals surface area (Å²) >= 11 is 7.62. The molecule has 1 saturated carbocycles. The molecule has 3 unspecified atom stereocenters. The van der Waals surface area contributed by atoms with Crippen LogP contribution in [0.1, 0.15) is 44.9 Å². The minimum atomic E-state index is -0.960. The highest BCUT2D eigenvalue weighted by molar-refractivity contribution is 7.14. The van der Waals surface area contributed by atoms with Gasteiger partial charge in [0.1, 0.15) is 0 Å². The number of aliphatic carboxylic acids is 1. The van der Waals surface area contributed by atoms with Crippen LogP contribution in [-0.4, -0.2) is 39.7 Å². The van der Waals surface area contributed by atoms with Crippen LogP contribution in [0.5, 0.6) is 0 Å². The molecule has 1 aliphatic carbocycles. The van der Waals surface area contributed by atoms with Gasteiger partial charge in [-0.25, -0.2) is 4.98 Å². The molecule has 0 radical (unpaired) electrons. The van der Waals surface area contributed by atoms with Crippen molar-refractivity contribution in [2.45, 2.75) is 51.0 Å². The SMILES string of the molecule is O=C(O)CC1C(=O)N(c2nc(-c3ccccc3Cl)cs2)CC(O)CCC1C1CCCC1. The minimum absolute atomic E-state index is 0.0217. The molecule has 2 N–H and O–H groups in total. The second-order valence-electron chi connectivity index (χ2n) is 8.59. The number of rotatable bonds is 5. The van der Waals surface area contributed by atoms with E-state index in [1.165, 1.54) is 16.2 Å². The third kappa shape index (κ3) is 4.94. The van der Waals surface area contributed by atoms with Crippen LogP contribution in [0.3, 0.4) is 0 Å². The highest BCUT2D eigenvalue weighted by atomic mass is 35.5. The first-order valence-electron chi connectivity index (χ1n) is 10.9. The van der Waals surface area contributed by atoms with Gasteiger partial charge in [-0.05, 0) is 30.7 Å². The number of carbonyl (C=O) groups excluding carboxylic acids is 1. The van der Waals surface area contributed by atoms with Crippen molar-refractivity contribution < 1.29 is 19.8 Å². The number of hydrogen-bond donors (Lipinski definition) is 2. The lowest BCUT2D eigenvalue weighted by Gasteiger charge is -2.37. The number of carbonyl (C=O) groups is 2. The smallest absolute Gasteiger partial charge is 0.304 e. The summed E-state index contributed by atoms with van der Waals surface area (Å²) in [5.41, 5.74) is 1.44. The quantitative estimate of drug-likeness (QED) is 0.662. The second kappa shape index (κ2) is 9.67. The topological polar surface area (TPSA) is 90.7 Å². The molecule has 1 saturated heterocycles. The molecule has 2 aliphatic rings. The van der Waals surface area contributed by atoms with E-state index in [0.29, 0.717) is 34.6 Å². The van der Waals surface area contributed by atoms with Crippen LogP contribution in [0.2, 0.25) is 5.02 Å². The summed E-state index contributed by atoms with van der Waals surface area (Å²) in [6, 6.07) is 7.38. The molecule has 1 aromatic carbocycles. The van der Waals surface area contributed by atoms with E-state index in [0.717, 1.165) is 31.2 Å². The molecule has 2 fully saturated rings. The Kier molecular flexibility index (Phi) is 6.94. The molecule has 166 valence electrons. The van der Waals surface area contributed by atoms with Crippen LogP contribution in [0, 0.1) is 17.8 Å². The number of aliphatic hydroxyl groups excluding tert-OH is 1. The van der Waals surface area contributed by atoms with Crippen LogP contribution in [0.15, 0.2) is 29.6 Å². The molecule has 8 heteroatoms. The van der Waals surface area contributed by atoms with Gasteiger partial charge in [0.25, 0.3) is 0 Å². The van der Waals surface area contributed by atoms with Gasteiger partial charge in [-0.2, -0.15) is 0 Å². The van der Waals surface area contributed by atoms with Gasteiger partial charge in [-0.3, -0.25) is 14.5 Å². The zero-order chi connectivity index (χ0) is 22.0. The van der Waals surface area contributed by atoms with Crippen molar-refractivity contribution in [1.82, 2.24) is 4.98 Å². The Morgan fingerprint density at radius 1 is 1.19 bits per heavy atom. The molecule has 0 spiro atoms. The first-order chi connectivity index (χ1) is 14.9. The number of aliphatic hydroxyl groups is 1. The van der Waals surface area contributed by atoms with Crippen molar-refractivity contribution in [3.8, 4) is 11.3 Å². The van der Waals surface area contributed by atoms with Gasteiger partial charge < -0.3 is 10.2 Å². The van der Waals surface area contributed by atoms with Crippen LogP contribution in [0.4, 0.5) is 5.13 Å². The van der Waals surface area contributed by atoms with E-state index < -0.39 is 18.0 Å². The number of amides is 1. The lowest BCUT2D eigenvalue weighted by Crippen LogP contribution is -2.47. The van der Waals surface area contributed by atoms with Crippen LogP contribution < -0.4 is 4.90 Å². The number of thiazole rings is 1. The lowest BCUT2D eigenvalue weighted by molar-refractivity contribution is -0.142. The third-order valence-corrected chi connectivity index (χ3v) is 7.79. The number of nitrogens with zero attached hydrogens (tertiary/aromatic N) is 2. The molecule has 1 amide bonds. The van der Waals surface area contributed by atoms with E-state index >= 15 is 0 Å². The number of benzene rings is 1. The summed E-state index contributed by atoms with van der Waals surface area (Å²) in [4.78, 5) is 31.5. The maximum Gasteiger partial charge on any atom is 0.304 e. The molecule has 3 atom stereocenters. The number of β-amino-alcohol motifs (C(OH)–C–C–N with tert-alkyl or cyclic N) is 1. The van der Waals surface area contributed by atoms with Gasteiger partial charge in [0.15, 0.2) is 5.13 Å². The maximum atomic E-state index is 13.7. The van der Waals surface area contributed by atoms with E-state index in [-0.39, 0.29) is 24.8 Å². The van der Waals surface area contributed by atoms with E-state index in [1.807, 2.05) is 23.6 Å². The molecular weight excluding hydrogens is 436 g/mol. The van der Waals surface area contributed by atoms with Gasteiger partial charge in [0, 0.05) is 16.0 Å². The number of halogens is 1. The van der Waals surface area contributed by atoms with Crippen molar-refractivity contribution in [2.24, 2.45) is 17.8 Å². The summed E-state index contributed by atoms with van der Waals surface area (Å²) < 4.78 is 0. The Hall–Kier alpha value is -1.96. The number of anilines is 1. The number of aromatic nitrogens is 1. The van der Waals surface area contributed by atoms with E-state index in [4.69, 9.17) is 11.6 Å². The van der Waals surface area contributed by atoms with E-state index in [9.17, 15) is 19.8 Å². The normalized spacial score (nSPS) is 25.4. The highest BCUT2D eigenvalue weighted by Gasteiger charge is 2.41. The van der Waals surface area contributed by atoms with Crippen molar-refractivity contribution in [3.63, 3.8) is 0 Å². The fraction of sp³-hybridized carbons (Fsp3) is 0.522. The van der Waals surface area contributed by atoms with E-state index in [2.05, 4.69) is 4.98 Å². The Bertz CT molecular complexity index is 943. The minimum Gasteiger partial charge on any atom is -0.481 e. The average Bonchev–Trinajstić information content (AvgIpc) is 3.43. The monoisotopic (exact) mass is 462 g/mol. The Morgan fingerprint density at radius 3 is 2.65 bits per heavy atom. The molecule has 2 aromatic rings. The Balaban J connectivity index is 1.67. The van der Waals surface area contributed by atoms with E-state index in [1.54, 1.807) is 6.07 Å². The molecule has 1 aromatic heterocycles. The van der Waals surface area contributed by atoms with Crippen molar-refractivity contribution in [3.05, 3.63) is 34.7 Å². The van der Waals surface area contributed by atoms with Crippen LogP contribution in [-0.2, 0) is 9.59 Å². The third-order valence-electron chi connectivity index (χ3n) is 6.60. The zero-order valence-electron chi connectivity index (χ0n) is 17.2. The number of carboxylic acid groups (broad SMARTS) is 1. The fourth-order valence-corrected chi connectivity index (χ4v) is 6.16. The number of carboxylic acids is 1. The highest BCUT2D eigenvalue weighted by Crippen LogP contribution is 2.42. The van der Waals surface area contributed by atoms with Crippen LogP contribution in [0.25, 0.3) is 11.3 Å². The van der Waals surface area contributed by atoms with Crippen molar-refractivity contribution >= 4 is 39.9 Å². The van der Waals surface area contributed by atoms with Crippen molar-refractivity contribution in [2.75, 3.05) is 11.4 Å². The summed E-state index contributed by atoms with van der Waals surface area (Å²) in [7, 11) is 0. The molecule has 6 nitrogen and oxygen atoms in total. The molecular formula is C23H27ClN2O4S. The predicted molar refractivity (Wildman–Crippen MR) is 121 cm³/mol. The van der Waals surface area contributed by atoms with Gasteiger partial charge in [0.05, 0.1) is 30.7 Å². The zero-order valence-corrected chi connectivity index (χ0v) is 18.8. The summed E-state index contributed by atoms with van der Waals surface area (Å²) in [6.07, 6.45) is 4.69. The van der Waals surface area contributed by atoms with Gasteiger partial charge in [0.2, 0.25) is 5.91 Å². The summed E-state index contributed by atoms with van der Waals surface area (Å²) in [5.74, 6) is -1.47. The molecule has 0 bridgehead atoms. The first kappa shape index (κ1) is 22.2. The fourth-order valence-electron chi connectivity index (χ4n) is 5.09. The van der Waals surface area contributed by atoms with Gasteiger partial charge in [-0.15, -0.1) is 11.3 Å². The Morgan fingerprint density at radius 2 is 1.94 bits per heavy atom. The standard InChI is InChI=1S/C23H27ClN2O4S/c24-19-8-4-3-7-17(19)20-13-31-23(25-20)26-12-15(27)9-10-16(14-5-1-2-6-14)18(22(26)30)11-21(28)29/h3-4,7-8,13-16,18,27H,1-2,5-6,9-12H2,(H,28,29). The first-order valence-corrected chi connectivity index (χ1v) is 12.1. The van der Waals surface area contributed by atoms with Gasteiger partial charge in [-0.1, -0.05) is 55.5 Å². The van der Waals surface area contributed by atoms with Crippen molar-refractivity contribution in [1.29, 1.82) is 0 Å². The molecule has 1 aliphatic heterocycles. The molecule has 31 heavy (non-hydrogen) atoms. The summed E-state index contributed by atoms with van der Waals surface area (Å²) in [6.45, 7) is 0.127. The summed E-state index contributed by atoms with van der Waals surface area (Å²) in [5, 5.41) is 23.0. The second-order valence-corrected chi connectivity index (χ2v) is 9.83. The molecule has 2 heterocycles. The Labute approximate surface area is 190 Å². The maximum absolute atomic E-state index is 13.7. The largest absolute Gasteiger partial charge is 0.481 e. The number of hydrogen-bond acceptors (Lipinski definition) is 5. The average molecular weight is 463 g/mol. The van der Waals surface area contributed by atoms with Crippen LogP contribution >= 0.6 is 22.9 Å². The molecule has 4 rings (SSSR count). The lowest BCUT2D eigenvalue weighted by atomic mass is 9.74.